The van der Waals surface area contributed by atoms with Gasteiger partial charge in [0.05, 0.1) is 12.3 Å². The first-order valence-electron chi connectivity index (χ1n) is 7.12. The fourth-order valence-corrected chi connectivity index (χ4v) is 3.12. The number of hydrogen-bond acceptors (Lipinski definition) is 3. The molecule has 1 unspecified atom stereocenters. The molecular weight excluding hydrogens is 268 g/mol. The summed E-state index contributed by atoms with van der Waals surface area (Å²) in [6, 6.07) is 7.94. The van der Waals surface area contributed by atoms with Gasteiger partial charge in [0.1, 0.15) is 0 Å². The number of H-pyrrole nitrogens is 1. The molecule has 0 saturated carbocycles. The molecular formula is C16H18N2O3. The highest BCUT2D eigenvalue weighted by Gasteiger charge is 2.47. The zero-order chi connectivity index (χ0) is 15.0. The van der Waals surface area contributed by atoms with Crippen molar-refractivity contribution < 1.29 is 14.3 Å². The minimum absolute atomic E-state index is 0.288. The Bertz CT molecular complexity index is 707. The van der Waals surface area contributed by atoms with Crippen LogP contribution in [0.15, 0.2) is 24.3 Å². The number of para-hydroxylation sites is 1. The molecule has 0 fully saturated rings. The summed E-state index contributed by atoms with van der Waals surface area (Å²) < 4.78 is 5.21. The highest BCUT2D eigenvalue weighted by atomic mass is 16.5. The van der Waals surface area contributed by atoms with Crippen LogP contribution < -0.4 is 0 Å². The third kappa shape index (κ3) is 1.84. The number of aromatic amines is 1. The van der Waals surface area contributed by atoms with E-state index in [0.717, 1.165) is 35.0 Å². The summed E-state index contributed by atoms with van der Waals surface area (Å²) in [6.45, 7) is 4.30. The second kappa shape index (κ2) is 4.91. The number of ether oxygens (including phenoxy) is 1. The van der Waals surface area contributed by atoms with E-state index in [0.29, 0.717) is 6.54 Å². The SMILES string of the molecule is CCOC(=O)C1(C)c2[nH]c3ccccc3c2CCN1C=O. The Labute approximate surface area is 122 Å². The quantitative estimate of drug-likeness (QED) is 0.693. The Hall–Kier alpha value is -2.30. The Morgan fingerprint density at radius 3 is 2.95 bits per heavy atom. The topological polar surface area (TPSA) is 62.4 Å². The highest BCUT2D eigenvalue weighted by molar-refractivity contribution is 5.91. The number of fused-ring (bicyclic) bond motifs is 3. The normalized spacial score (nSPS) is 21.1. The summed E-state index contributed by atoms with van der Waals surface area (Å²) in [4.78, 5) is 28.7. The molecule has 5 nitrogen and oxygen atoms in total. The van der Waals surface area contributed by atoms with Gasteiger partial charge in [-0.05, 0) is 31.9 Å². The van der Waals surface area contributed by atoms with Crippen molar-refractivity contribution >= 4 is 23.3 Å². The first-order chi connectivity index (χ1) is 10.1. The van der Waals surface area contributed by atoms with Gasteiger partial charge < -0.3 is 14.6 Å². The molecule has 110 valence electrons. The predicted octanol–water partition coefficient (Wildman–Crippen LogP) is 1.96. The van der Waals surface area contributed by atoms with Crippen molar-refractivity contribution in [2.45, 2.75) is 25.8 Å². The van der Waals surface area contributed by atoms with Crippen molar-refractivity contribution in [3.63, 3.8) is 0 Å². The third-order valence-electron chi connectivity index (χ3n) is 4.28. The minimum Gasteiger partial charge on any atom is -0.464 e. The summed E-state index contributed by atoms with van der Waals surface area (Å²) in [5.74, 6) is -0.399. The van der Waals surface area contributed by atoms with E-state index >= 15 is 0 Å². The number of carbonyl (C=O) groups is 2. The molecule has 2 heterocycles. The zero-order valence-electron chi connectivity index (χ0n) is 12.2. The third-order valence-corrected chi connectivity index (χ3v) is 4.28. The molecule has 3 rings (SSSR count). The average molecular weight is 286 g/mol. The van der Waals surface area contributed by atoms with Gasteiger partial charge in [-0.25, -0.2) is 4.79 Å². The van der Waals surface area contributed by atoms with Crippen LogP contribution in [0.25, 0.3) is 10.9 Å². The van der Waals surface area contributed by atoms with Crippen molar-refractivity contribution in [3.8, 4) is 0 Å². The van der Waals surface area contributed by atoms with Crippen LogP contribution in [-0.2, 0) is 26.3 Å². The lowest BCUT2D eigenvalue weighted by Gasteiger charge is -2.40. The molecule has 0 spiro atoms. The average Bonchev–Trinajstić information content (AvgIpc) is 2.88. The Kier molecular flexibility index (Phi) is 3.20. The summed E-state index contributed by atoms with van der Waals surface area (Å²) in [6.07, 6.45) is 1.46. The largest absolute Gasteiger partial charge is 0.464 e. The predicted molar refractivity (Wildman–Crippen MR) is 78.8 cm³/mol. The molecule has 1 atom stereocenters. The van der Waals surface area contributed by atoms with E-state index in [9.17, 15) is 9.59 Å². The highest BCUT2D eigenvalue weighted by Crippen LogP contribution is 2.38. The molecule has 21 heavy (non-hydrogen) atoms. The van der Waals surface area contributed by atoms with Crippen LogP contribution in [0.5, 0.6) is 0 Å². The molecule has 1 aliphatic rings. The van der Waals surface area contributed by atoms with Crippen molar-refractivity contribution in [2.24, 2.45) is 0 Å². The molecule has 1 amide bonds. The van der Waals surface area contributed by atoms with E-state index in [2.05, 4.69) is 4.98 Å². The van der Waals surface area contributed by atoms with Crippen molar-refractivity contribution in [1.82, 2.24) is 9.88 Å². The van der Waals surface area contributed by atoms with Crippen LogP contribution in [0.2, 0.25) is 0 Å². The van der Waals surface area contributed by atoms with E-state index in [-0.39, 0.29) is 6.61 Å². The number of esters is 1. The maximum Gasteiger partial charge on any atom is 0.338 e. The fraction of sp³-hybridized carbons (Fsp3) is 0.375. The van der Waals surface area contributed by atoms with Gasteiger partial charge in [-0.3, -0.25) is 4.79 Å². The minimum atomic E-state index is -1.09. The van der Waals surface area contributed by atoms with Gasteiger partial charge in [-0.15, -0.1) is 0 Å². The second-order valence-electron chi connectivity index (χ2n) is 5.37. The Morgan fingerprint density at radius 1 is 1.48 bits per heavy atom. The molecule has 0 radical (unpaired) electrons. The van der Waals surface area contributed by atoms with Gasteiger partial charge in [0.15, 0.2) is 5.54 Å². The van der Waals surface area contributed by atoms with Crippen LogP contribution in [0.3, 0.4) is 0 Å². The molecule has 0 saturated heterocycles. The second-order valence-corrected chi connectivity index (χ2v) is 5.37. The van der Waals surface area contributed by atoms with E-state index < -0.39 is 11.5 Å². The number of hydrogen-bond donors (Lipinski definition) is 1. The first-order valence-corrected chi connectivity index (χ1v) is 7.12. The summed E-state index contributed by atoms with van der Waals surface area (Å²) >= 11 is 0. The molecule has 1 aromatic heterocycles. The maximum atomic E-state index is 12.5. The number of carbonyl (C=O) groups excluding carboxylic acids is 2. The monoisotopic (exact) mass is 286 g/mol. The van der Waals surface area contributed by atoms with Gasteiger partial charge in [-0.1, -0.05) is 18.2 Å². The summed E-state index contributed by atoms with van der Waals surface area (Å²) in [7, 11) is 0. The zero-order valence-corrected chi connectivity index (χ0v) is 12.2. The molecule has 2 aromatic rings. The van der Waals surface area contributed by atoms with Gasteiger partial charge in [0, 0.05) is 17.4 Å². The van der Waals surface area contributed by atoms with Crippen LogP contribution in [0.4, 0.5) is 0 Å². The fourth-order valence-electron chi connectivity index (χ4n) is 3.12. The number of nitrogens with zero attached hydrogens (tertiary/aromatic N) is 1. The lowest BCUT2D eigenvalue weighted by molar-refractivity contribution is -0.161. The summed E-state index contributed by atoms with van der Waals surface area (Å²) in [5, 5.41) is 1.11. The molecule has 1 aliphatic heterocycles. The number of amides is 1. The Morgan fingerprint density at radius 2 is 2.24 bits per heavy atom. The number of rotatable bonds is 3. The number of benzene rings is 1. The van der Waals surface area contributed by atoms with Crippen LogP contribution >= 0.6 is 0 Å². The summed E-state index contributed by atoms with van der Waals surface area (Å²) in [5.41, 5.74) is 1.75. The molecule has 1 aromatic carbocycles. The Balaban J connectivity index is 2.22. The number of nitrogens with one attached hydrogen (secondary N) is 1. The van der Waals surface area contributed by atoms with Gasteiger partial charge in [0.25, 0.3) is 0 Å². The molecule has 0 aliphatic carbocycles. The van der Waals surface area contributed by atoms with E-state index in [1.54, 1.807) is 13.8 Å². The number of aromatic nitrogens is 1. The standard InChI is InChI=1S/C16H18N2O3/c1-3-21-15(20)16(2)14-12(8-9-18(16)10-19)11-6-4-5-7-13(11)17-14/h4-7,10,17H,3,8-9H2,1-2H3. The lowest BCUT2D eigenvalue weighted by Crippen LogP contribution is -2.53. The van der Waals surface area contributed by atoms with Crippen molar-refractivity contribution in [3.05, 3.63) is 35.5 Å². The van der Waals surface area contributed by atoms with E-state index in [1.807, 2.05) is 24.3 Å². The van der Waals surface area contributed by atoms with E-state index in [4.69, 9.17) is 4.74 Å². The van der Waals surface area contributed by atoms with Gasteiger partial charge >= 0.3 is 5.97 Å². The molecule has 5 heteroatoms. The maximum absolute atomic E-state index is 12.5. The van der Waals surface area contributed by atoms with Crippen LogP contribution in [0, 0.1) is 0 Å². The van der Waals surface area contributed by atoms with E-state index in [1.165, 1.54) is 4.90 Å². The van der Waals surface area contributed by atoms with Gasteiger partial charge in [-0.2, -0.15) is 0 Å². The first kappa shape index (κ1) is 13.7. The van der Waals surface area contributed by atoms with Gasteiger partial charge in [0.2, 0.25) is 6.41 Å². The lowest BCUT2D eigenvalue weighted by atomic mass is 9.87. The smallest absolute Gasteiger partial charge is 0.338 e. The van der Waals surface area contributed by atoms with Crippen molar-refractivity contribution in [2.75, 3.05) is 13.2 Å². The van der Waals surface area contributed by atoms with Crippen LogP contribution in [0.1, 0.15) is 25.1 Å². The van der Waals surface area contributed by atoms with Crippen molar-refractivity contribution in [1.29, 1.82) is 0 Å². The molecule has 0 bridgehead atoms. The molecule has 1 N–H and O–H groups in total. The van der Waals surface area contributed by atoms with Crippen LogP contribution in [-0.4, -0.2) is 35.4 Å².